The highest BCUT2D eigenvalue weighted by Gasteiger charge is 2.01. The van der Waals surface area contributed by atoms with Crippen LogP contribution in [-0.2, 0) is 4.79 Å². The Morgan fingerprint density at radius 2 is 1.87 bits per heavy atom. The molecule has 0 aliphatic rings. The molecule has 15 heavy (non-hydrogen) atoms. The summed E-state index contributed by atoms with van der Waals surface area (Å²) in [6, 6.07) is 0. The Kier molecular flexibility index (Phi) is 10.1. The third-order valence-corrected chi connectivity index (χ3v) is 2.60. The van der Waals surface area contributed by atoms with Crippen molar-refractivity contribution in [3.05, 3.63) is 0 Å². The molecule has 3 heteroatoms. The van der Waals surface area contributed by atoms with Gasteiger partial charge in [-0.15, -0.1) is 11.6 Å². The molecule has 0 fully saturated rings. The molecular formula is C12H24ClNO. The largest absolute Gasteiger partial charge is 0.356 e. The molecular weight excluding hydrogens is 210 g/mol. The molecule has 0 radical (unpaired) electrons. The average molecular weight is 234 g/mol. The molecule has 0 aliphatic carbocycles. The molecule has 0 saturated heterocycles. The highest BCUT2D eigenvalue weighted by molar-refractivity contribution is 6.17. The van der Waals surface area contributed by atoms with Crippen molar-refractivity contribution in [1.29, 1.82) is 0 Å². The van der Waals surface area contributed by atoms with Gasteiger partial charge in [0.05, 0.1) is 0 Å². The van der Waals surface area contributed by atoms with Crippen molar-refractivity contribution in [2.75, 3.05) is 12.4 Å². The minimum absolute atomic E-state index is 0.195. The number of unbranched alkanes of at least 4 members (excludes halogenated alkanes) is 3. The van der Waals surface area contributed by atoms with E-state index in [4.69, 9.17) is 11.6 Å². The Morgan fingerprint density at radius 1 is 1.20 bits per heavy atom. The molecule has 0 bridgehead atoms. The van der Waals surface area contributed by atoms with E-state index < -0.39 is 0 Å². The number of alkyl halides is 1. The predicted molar refractivity (Wildman–Crippen MR) is 66.3 cm³/mol. The van der Waals surface area contributed by atoms with Gasteiger partial charge in [0.2, 0.25) is 5.91 Å². The lowest BCUT2D eigenvalue weighted by molar-refractivity contribution is -0.121. The van der Waals surface area contributed by atoms with Crippen LogP contribution in [0.3, 0.4) is 0 Å². The van der Waals surface area contributed by atoms with Crippen LogP contribution in [0.15, 0.2) is 0 Å². The molecule has 0 aromatic heterocycles. The van der Waals surface area contributed by atoms with Gasteiger partial charge in [-0.25, -0.2) is 0 Å². The number of nitrogens with one attached hydrogen (secondary N) is 1. The Morgan fingerprint density at radius 3 is 2.47 bits per heavy atom. The zero-order valence-corrected chi connectivity index (χ0v) is 10.8. The first-order valence-corrected chi connectivity index (χ1v) is 6.53. The fourth-order valence-electron chi connectivity index (χ4n) is 1.31. The standard InChI is InChI=1S/C12H24ClNO/c1-11(2)7-8-12(15)14-10-6-4-3-5-9-13/h11H,3-10H2,1-2H3,(H,14,15). The van der Waals surface area contributed by atoms with Crippen LogP contribution in [0.1, 0.15) is 52.4 Å². The van der Waals surface area contributed by atoms with Crippen LogP contribution in [0.5, 0.6) is 0 Å². The van der Waals surface area contributed by atoms with Crippen LogP contribution in [0.25, 0.3) is 0 Å². The first kappa shape index (κ1) is 14.8. The van der Waals surface area contributed by atoms with Gasteiger partial charge in [0, 0.05) is 18.8 Å². The monoisotopic (exact) mass is 233 g/mol. The van der Waals surface area contributed by atoms with E-state index in [-0.39, 0.29) is 5.91 Å². The Hall–Kier alpha value is -0.240. The number of halogens is 1. The lowest BCUT2D eigenvalue weighted by Gasteiger charge is -2.06. The minimum atomic E-state index is 0.195. The number of carbonyl (C=O) groups excluding carboxylic acids is 1. The summed E-state index contributed by atoms with van der Waals surface area (Å²) in [6.45, 7) is 5.10. The van der Waals surface area contributed by atoms with E-state index in [1.165, 1.54) is 6.42 Å². The lowest BCUT2D eigenvalue weighted by atomic mass is 10.1. The summed E-state index contributed by atoms with van der Waals surface area (Å²) in [5.41, 5.74) is 0. The van der Waals surface area contributed by atoms with E-state index in [1.54, 1.807) is 0 Å². The van der Waals surface area contributed by atoms with Crippen LogP contribution >= 0.6 is 11.6 Å². The van der Waals surface area contributed by atoms with Gasteiger partial charge in [-0.05, 0) is 25.2 Å². The number of amides is 1. The molecule has 0 aliphatic heterocycles. The maximum atomic E-state index is 11.3. The second-order valence-electron chi connectivity index (χ2n) is 4.39. The number of carbonyl (C=O) groups is 1. The highest BCUT2D eigenvalue weighted by Crippen LogP contribution is 2.03. The van der Waals surface area contributed by atoms with E-state index in [9.17, 15) is 4.79 Å². The van der Waals surface area contributed by atoms with Crippen molar-refractivity contribution < 1.29 is 4.79 Å². The number of rotatable bonds is 9. The molecule has 0 aromatic rings. The molecule has 90 valence electrons. The summed E-state index contributed by atoms with van der Waals surface area (Å²) in [4.78, 5) is 11.3. The minimum Gasteiger partial charge on any atom is -0.356 e. The second-order valence-corrected chi connectivity index (χ2v) is 4.76. The van der Waals surface area contributed by atoms with Gasteiger partial charge in [-0.2, -0.15) is 0 Å². The first-order valence-electron chi connectivity index (χ1n) is 5.99. The third-order valence-electron chi connectivity index (χ3n) is 2.33. The van der Waals surface area contributed by atoms with Crippen LogP contribution in [0.2, 0.25) is 0 Å². The first-order chi connectivity index (χ1) is 7.16. The topological polar surface area (TPSA) is 29.1 Å². The normalized spacial score (nSPS) is 10.7. The van der Waals surface area contributed by atoms with Crippen molar-refractivity contribution >= 4 is 17.5 Å². The molecule has 1 amide bonds. The Balaban J connectivity index is 3.17. The van der Waals surface area contributed by atoms with E-state index in [0.29, 0.717) is 12.3 Å². The average Bonchev–Trinajstić information content (AvgIpc) is 2.20. The van der Waals surface area contributed by atoms with Crippen molar-refractivity contribution in [1.82, 2.24) is 5.32 Å². The molecule has 0 atom stereocenters. The summed E-state index contributed by atoms with van der Waals surface area (Å²) < 4.78 is 0. The fourth-order valence-corrected chi connectivity index (χ4v) is 1.50. The SMILES string of the molecule is CC(C)CCC(=O)NCCCCCCCl. The molecule has 2 nitrogen and oxygen atoms in total. The molecule has 0 rings (SSSR count). The Bertz CT molecular complexity index is 160. The zero-order valence-electron chi connectivity index (χ0n) is 10.0. The van der Waals surface area contributed by atoms with Gasteiger partial charge >= 0.3 is 0 Å². The lowest BCUT2D eigenvalue weighted by Crippen LogP contribution is -2.24. The van der Waals surface area contributed by atoms with Gasteiger partial charge in [0.25, 0.3) is 0 Å². The summed E-state index contributed by atoms with van der Waals surface area (Å²) >= 11 is 5.57. The van der Waals surface area contributed by atoms with Crippen LogP contribution in [0, 0.1) is 5.92 Å². The van der Waals surface area contributed by atoms with Crippen molar-refractivity contribution in [2.45, 2.75) is 52.4 Å². The van der Waals surface area contributed by atoms with Gasteiger partial charge in [-0.1, -0.05) is 26.7 Å². The van der Waals surface area contributed by atoms with Gasteiger partial charge in [-0.3, -0.25) is 4.79 Å². The second kappa shape index (κ2) is 10.3. The molecule has 0 saturated carbocycles. The number of hydrogen-bond donors (Lipinski definition) is 1. The highest BCUT2D eigenvalue weighted by atomic mass is 35.5. The molecule has 0 unspecified atom stereocenters. The van der Waals surface area contributed by atoms with Crippen LogP contribution in [-0.4, -0.2) is 18.3 Å². The van der Waals surface area contributed by atoms with E-state index in [0.717, 1.165) is 38.1 Å². The van der Waals surface area contributed by atoms with Crippen molar-refractivity contribution in [3.63, 3.8) is 0 Å². The summed E-state index contributed by atoms with van der Waals surface area (Å²) in [5.74, 6) is 1.56. The summed E-state index contributed by atoms with van der Waals surface area (Å²) in [5, 5.41) is 2.94. The zero-order chi connectivity index (χ0) is 11.5. The molecule has 0 aromatic carbocycles. The van der Waals surface area contributed by atoms with E-state index >= 15 is 0 Å². The van der Waals surface area contributed by atoms with E-state index in [2.05, 4.69) is 19.2 Å². The third kappa shape index (κ3) is 11.7. The molecule has 0 spiro atoms. The smallest absolute Gasteiger partial charge is 0.220 e. The number of hydrogen-bond acceptors (Lipinski definition) is 1. The summed E-state index contributed by atoms with van der Waals surface area (Å²) in [7, 11) is 0. The Labute approximate surface area is 98.8 Å². The van der Waals surface area contributed by atoms with Crippen molar-refractivity contribution in [3.8, 4) is 0 Å². The fraction of sp³-hybridized carbons (Fsp3) is 0.917. The maximum Gasteiger partial charge on any atom is 0.220 e. The van der Waals surface area contributed by atoms with Crippen molar-refractivity contribution in [2.24, 2.45) is 5.92 Å². The van der Waals surface area contributed by atoms with Crippen LogP contribution < -0.4 is 5.32 Å². The van der Waals surface area contributed by atoms with Gasteiger partial charge < -0.3 is 5.32 Å². The van der Waals surface area contributed by atoms with Gasteiger partial charge in [0.1, 0.15) is 0 Å². The van der Waals surface area contributed by atoms with E-state index in [1.807, 2.05) is 0 Å². The quantitative estimate of drug-likeness (QED) is 0.480. The maximum absolute atomic E-state index is 11.3. The van der Waals surface area contributed by atoms with Crippen LogP contribution in [0.4, 0.5) is 0 Å². The molecule has 0 heterocycles. The summed E-state index contributed by atoms with van der Waals surface area (Å²) in [6.07, 6.45) is 6.15. The van der Waals surface area contributed by atoms with Gasteiger partial charge in [0.15, 0.2) is 0 Å². The molecule has 1 N–H and O–H groups in total. The predicted octanol–water partition coefficient (Wildman–Crippen LogP) is 3.34.